The van der Waals surface area contributed by atoms with Gasteiger partial charge >= 0.3 is 0 Å². The van der Waals surface area contributed by atoms with Crippen LogP contribution < -0.4 is 9.47 Å². The van der Waals surface area contributed by atoms with Gasteiger partial charge in [-0.05, 0) is 36.8 Å². The molecule has 0 bridgehead atoms. The number of amides is 1. The molecule has 3 rings (SSSR count). The third-order valence-corrected chi connectivity index (χ3v) is 3.31. The van der Waals surface area contributed by atoms with E-state index in [9.17, 15) is 4.79 Å². The number of nitrogens with zero attached hydrogens (tertiary/aromatic N) is 2. The van der Waals surface area contributed by atoms with E-state index in [1.807, 2.05) is 37.3 Å². The summed E-state index contributed by atoms with van der Waals surface area (Å²) in [7, 11) is 1.76. The zero-order valence-corrected chi connectivity index (χ0v) is 12.0. The molecule has 1 aliphatic heterocycles. The lowest BCUT2D eigenvalue weighted by Gasteiger charge is -2.17. The van der Waals surface area contributed by atoms with Crippen molar-refractivity contribution in [1.82, 2.24) is 9.88 Å². The summed E-state index contributed by atoms with van der Waals surface area (Å²) in [5.74, 6) is 1.37. The maximum atomic E-state index is 12.3. The summed E-state index contributed by atoms with van der Waals surface area (Å²) in [5, 5.41) is 0. The van der Waals surface area contributed by atoms with E-state index >= 15 is 0 Å². The first kappa shape index (κ1) is 13.4. The number of aryl methyl sites for hydroxylation is 1. The van der Waals surface area contributed by atoms with Crippen molar-refractivity contribution < 1.29 is 14.3 Å². The van der Waals surface area contributed by atoms with Gasteiger partial charge in [0.1, 0.15) is 5.69 Å². The normalized spacial score (nSPS) is 12.3. The summed E-state index contributed by atoms with van der Waals surface area (Å²) in [6.45, 7) is 2.61. The van der Waals surface area contributed by atoms with Gasteiger partial charge in [-0.3, -0.25) is 4.79 Å². The van der Waals surface area contributed by atoms with Crippen LogP contribution in [0.2, 0.25) is 0 Å². The number of rotatable bonds is 3. The smallest absolute Gasteiger partial charge is 0.272 e. The molecule has 1 aromatic heterocycles. The highest BCUT2D eigenvalue weighted by molar-refractivity contribution is 5.92. The Kier molecular flexibility index (Phi) is 3.48. The fraction of sp³-hybridized carbons (Fsp3) is 0.250. The van der Waals surface area contributed by atoms with E-state index in [1.54, 1.807) is 18.0 Å². The Morgan fingerprint density at radius 3 is 2.86 bits per heavy atom. The van der Waals surface area contributed by atoms with Gasteiger partial charge in [0.15, 0.2) is 11.5 Å². The van der Waals surface area contributed by atoms with Crippen LogP contribution in [0.3, 0.4) is 0 Å². The number of ether oxygens (including phenoxy) is 2. The molecule has 5 heteroatoms. The maximum absolute atomic E-state index is 12.3. The predicted octanol–water partition coefficient (Wildman–Crippen LogP) is 2.39. The second kappa shape index (κ2) is 5.44. The molecule has 0 spiro atoms. The summed E-state index contributed by atoms with van der Waals surface area (Å²) in [5.41, 5.74) is 2.28. The topological polar surface area (TPSA) is 51.7 Å². The summed E-state index contributed by atoms with van der Waals surface area (Å²) in [4.78, 5) is 18.2. The second-order valence-electron chi connectivity index (χ2n) is 5.01. The van der Waals surface area contributed by atoms with E-state index in [0.717, 1.165) is 22.8 Å². The highest BCUT2D eigenvalue weighted by atomic mass is 16.7. The SMILES string of the molecule is Cc1cccc(C(=O)N(C)Cc2ccc3c(c2)OCO3)n1. The molecule has 1 aromatic carbocycles. The minimum absolute atomic E-state index is 0.101. The van der Waals surface area contributed by atoms with Crippen LogP contribution in [-0.4, -0.2) is 29.6 Å². The molecule has 2 aromatic rings. The number of carbonyl (C=O) groups is 1. The zero-order chi connectivity index (χ0) is 14.8. The third kappa shape index (κ3) is 2.81. The van der Waals surface area contributed by atoms with Crippen molar-refractivity contribution >= 4 is 5.91 Å². The minimum atomic E-state index is -0.101. The quantitative estimate of drug-likeness (QED) is 0.868. The Bertz CT molecular complexity index is 685. The lowest BCUT2D eigenvalue weighted by molar-refractivity contribution is 0.0779. The summed E-state index contributed by atoms with van der Waals surface area (Å²) < 4.78 is 10.6. The van der Waals surface area contributed by atoms with Crippen LogP contribution in [0.15, 0.2) is 36.4 Å². The van der Waals surface area contributed by atoms with E-state index in [1.165, 1.54) is 0 Å². The second-order valence-corrected chi connectivity index (χ2v) is 5.01. The van der Waals surface area contributed by atoms with Crippen molar-refractivity contribution in [3.63, 3.8) is 0 Å². The molecule has 108 valence electrons. The summed E-state index contributed by atoms with van der Waals surface area (Å²) >= 11 is 0. The first-order valence-corrected chi connectivity index (χ1v) is 6.71. The number of fused-ring (bicyclic) bond motifs is 1. The van der Waals surface area contributed by atoms with Crippen molar-refractivity contribution in [2.24, 2.45) is 0 Å². The molecule has 21 heavy (non-hydrogen) atoms. The molecule has 0 N–H and O–H groups in total. The summed E-state index contributed by atoms with van der Waals surface area (Å²) in [6, 6.07) is 11.1. The van der Waals surface area contributed by atoms with Crippen LogP contribution in [-0.2, 0) is 6.54 Å². The maximum Gasteiger partial charge on any atom is 0.272 e. The van der Waals surface area contributed by atoms with Gasteiger partial charge in [-0.1, -0.05) is 12.1 Å². The van der Waals surface area contributed by atoms with Gasteiger partial charge in [0.05, 0.1) is 0 Å². The van der Waals surface area contributed by atoms with E-state index < -0.39 is 0 Å². The molecule has 0 fully saturated rings. The molecule has 0 saturated carbocycles. The Balaban J connectivity index is 1.74. The Morgan fingerprint density at radius 2 is 2.05 bits per heavy atom. The van der Waals surface area contributed by atoms with Gasteiger partial charge < -0.3 is 14.4 Å². The van der Waals surface area contributed by atoms with Crippen LogP contribution >= 0.6 is 0 Å². The molecular weight excluding hydrogens is 268 g/mol. The monoisotopic (exact) mass is 284 g/mol. The summed E-state index contributed by atoms with van der Waals surface area (Å²) in [6.07, 6.45) is 0. The van der Waals surface area contributed by atoms with Crippen molar-refractivity contribution in [3.8, 4) is 11.5 Å². The lowest BCUT2D eigenvalue weighted by Crippen LogP contribution is -2.27. The standard InChI is InChI=1S/C16H16N2O3/c1-11-4-3-5-13(17-11)16(19)18(2)9-12-6-7-14-15(8-12)21-10-20-14/h3-8H,9-10H2,1-2H3. The molecule has 0 radical (unpaired) electrons. The van der Waals surface area contributed by atoms with Gasteiger partial charge in [-0.2, -0.15) is 0 Å². The van der Waals surface area contributed by atoms with Crippen LogP contribution in [0, 0.1) is 6.92 Å². The first-order chi connectivity index (χ1) is 10.1. The van der Waals surface area contributed by atoms with Crippen LogP contribution in [0.4, 0.5) is 0 Å². The van der Waals surface area contributed by atoms with E-state index in [-0.39, 0.29) is 12.7 Å². The number of hydrogen-bond acceptors (Lipinski definition) is 4. The number of benzene rings is 1. The van der Waals surface area contributed by atoms with Crippen molar-refractivity contribution in [3.05, 3.63) is 53.3 Å². The molecule has 2 heterocycles. The van der Waals surface area contributed by atoms with Gasteiger partial charge in [-0.15, -0.1) is 0 Å². The van der Waals surface area contributed by atoms with E-state index in [0.29, 0.717) is 12.2 Å². The predicted molar refractivity (Wildman–Crippen MR) is 77.3 cm³/mol. The van der Waals surface area contributed by atoms with Gasteiger partial charge in [-0.25, -0.2) is 4.98 Å². The van der Waals surface area contributed by atoms with Crippen LogP contribution in [0.25, 0.3) is 0 Å². The molecule has 0 aliphatic carbocycles. The molecule has 0 saturated heterocycles. The number of pyridine rings is 1. The van der Waals surface area contributed by atoms with Gasteiger partial charge in [0.2, 0.25) is 6.79 Å². The number of aromatic nitrogens is 1. The largest absolute Gasteiger partial charge is 0.454 e. The molecule has 1 aliphatic rings. The third-order valence-electron chi connectivity index (χ3n) is 3.31. The molecular formula is C16H16N2O3. The first-order valence-electron chi connectivity index (χ1n) is 6.71. The Hall–Kier alpha value is -2.56. The molecule has 5 nitrogen and oxygen atoms in total. The molecule has 1 amide bonds. The van der Waals surface area contributed by atoms with E-state index in [2.05, 4.69) is 4.98 Å². The zero-order valence-electron chi connectivity index (χ0n) is 12.0. The van der Waals surface area contributed by atoms with Crippen molar-refractivity contribution in [2.75, 3.05) is 13.8 Å². The van der Waals surface area contributed by atoms with Gasteiger partial charge in [0.25, 0.3) is 5.91 Å². The Morgan fingerprint density at radius 1 is 1.24 bits per heavy atom. The molecule has 0 atom stereocenters. The van der Waals surface area contributed by atoms with Crippen LogP contribution in [0.5, 0.6) is 11.5 Å². The Labute approximate surface area is 123 Å². The van der Waals surface area contributed by atoms with Crippen molar-refractivity contribution in [1.29, 1.82) is 0 Å². The highest BCUT2D eigenvalue weighted by Crippen LogP contribution is 2.32. The number of carbonyl (C=O) groups excluding carboxylic acids is 1. The fourth-order valence-corrected chi connectivity index (χ4v) is 2.24. The average molecular weight is 284 g/mol. The van der Waals surface area contributed by atoms with E-state index in [4.69, 9.17) is 9.47 Å². The fourth-order valence-electron chi connectivity index (χ4n) is 2.24. The average Bonchev–Trinajstić information content (AvgIpc) is 2.94. The lowest BCUT2D eigenvalue weighted by atomic mass is 10.2. The van der Waals surface area contributed by atoms with Crippen LogP contribution in [0.1, 0.15) is 21.7 Å². The molecule has 0 unspecified atom stereocenters. The number of hydrogen-bond donors (Lipinski definition) is 0. The van der Waals surface area contributed by atoms with Crippen molar-refractivity contribution in [2.45, 2.75) is 13.5 Å². The highest BCUT2D eigenvalue weighted by Gasteiger charge is 2.17. The van der Waals surface area contributed by atoms with Gasteiger partial charge in [0, 0.05) is 19.3 Å². The minimum Gasteiger partial charge on any atom is -0.454 e.